The van der Waals surface area contributed by atoms with Crippen LogP contribution in [0.15, 0.2) is 16.6 Å². The van der Waals surface area contributed by atoms with E-state index >= 15 is 0 Å². The van der Waals surface area contributed by atoms with Gasteiger partial charge in [-0.05, 0) is 48.8 Å². The van der Waals surface area contributed by atoms with E-state index in [0.717, 1.165) is 5.69 Å². The number of halogens is 2. The topological polar surface area (TPSA) is 64.0 Å². The summed E-state index contributed by atoms with van der Waals surface area (Å²) in [6.07, 6.45) is 0. The van der Waals surface area contributed by atoms with Crippen molar-refractivity contribution in [2.24, 2.45) is 7.05 Å². The molecule has 1 heterocycles. The fourth-order valence-electron chi connectivity index (χ4n) is 2.25. The van der Waals surface area contributed by atoms with Gasteiger partial charge in [0.05, 0.1) is 21.6 Å². The molecule has 5 nitrogen and oxygen atoms in total. The van der Waals surface area contributed by atoms with Gasteiger partial charge in [0, 0.05) is 23.9 Å². The van der Waals surface area contributed by atoms with E-state index in [1.807, 2.05) is 6.92 Å². The summed E-state index contributed by atoms with van der Waals surface area (Å²) in [7, 11) is -1.65. The summed E-state index contributed by atoms with van der Waals surface area (Å²) < 4.78 is 42.2. The van der Waals surface area contributed by atoms with Crippen molar-refractivity contribution in [3.63, 3.8) is 0 Å². The number of rotatable bonds is 4. The summed E-state index contributed by atoms with van der Waals surface area (Å²) >= 11 is 3.14. The normalized spacial score (nSPS) is 11.7. The molecule has 1 N–H and O–H groups in total. The minimum Gasteiger partial charge on any atom is -0.284 e. The van der Waals surface area contributed by atoms with Gasteiger partial charge in [0.15, 0.2) is 0 Å². The van der Waals surface area contributed by atoms with Gasteiger partial charge >= 0.3 is 0 Å². The lowest BCUT2D eigenvalue weighted by Gasteiger charge is -2.11. The Morgan fingerprint density at radius 1 is 1.36 bits per heavy atom. The molecule has 0 aliphatic rings. The SMILES string of the molecule is CCS(=O)(=O)Nc1cc(Br)c(F)c(-c2c(C)nn(C)c2C)c1. The zero-order valence-corrected chi connectivity index (χ0v) is 15.1. The van der Waals surface area contributed by atoms with Gasteiger partial charge in [-0.3, -0.25) is 9.40 Å². The van der Waals surface area contributed by atoms with Crippen LogP contribution < -0.4 is 4.72 Å². The van der Waals surface area contributed by atoms with E-state index in [0.29, 0.717) is 22.5 Å². The van der Waals surface area contributed by atoms with E-state index < -0.39 is 15.8 Å². The molecule has 1 aromatic carbocycles. The van der Waals surface area contributed by atoms with Gasteiger partial charge in [-0.15, -0.1) is 0 Å². The smallest absolute Gasteiger partial charge is 0.232 e. The maximum Gasteiger partial charge on any atom is 0.232 e. The Labute approximate surface area is 137 Å². The van der Waals surface area contributed by atoms with Crippen molar-refractivity contribution in [1.29, 1.82) is 0 Å². The van der Waals surface area contributed by atoms with Gasteiger partial charge < -0.3 is 0 Å². The lowest BCUT2D eigenvalue weighted by Crippen LogP contribution is -2.14. The third kappa shape index (κ3) is 3.17. The van der Waals surface area contributed by atoms with E-state index in [1.54, 1.807) is 18.7 Å². The van der Waals surface area contributed by atoms with Crippen LogP contribution >= 0.6 is 15.9 Å². The van der Waals surface area contributed by atoms with Crippen molar-refractivity contribution in [3.8, 4) is 11.1 Å². The second kappa shape index (κ2) is 6.00. The molecule has 0 amide bonds. The molecule has 2 rings (SSSR count). The molecule has 8 heteroatoms. The molecular weight excluding hydrogens is 373 g/mol. The molecule has 22 heavy (non-hydrogen) atoms. The first-order chi connectivity index (χ1) is 10.2. The highest BCUT2D eigenvalue weighted by atomic mass is 79.9. The molecule has 0 aliphatic heterocycles. The Kier molecular flexibility index (Phi) is 4.62. The second-order valence-corrected chi connectivity index (χ2v) is 7.86. The average Bonchev–Trinajstić information content (AvgIpc) is 2.67. The fraction of sp³-hybridized carbons (Fsp3) is 0.357. The Hall–Kier alpha value is -1.41. The number of aryl methyl sites for hydroxylation is 2. The van der Waals surface area contributed by atoms with E-state index in [9.17, 15) is 12.8 Å². The van der Waals surface area contributed by atoms with Crippen LogP contribution in [-0.4, -0.2) is 24.0 Å². The van der Waals surface area contributed by atoms with Crippen LogP contribution in [0, 0.1) is 19.7 Å². The highest BCUT2D eigenvalue weighted by Crippen LogP contribution is 2.35. The third-order valence-electron chi connectivity index (χ3n) is 3.46. The molecule has 0 saturated carbocycles. The lowest BCUT2D eigenvalue weighted by atomic mass is 10.0. The van der Waals surface area contributed by atoms with Gasteiger partial charge in [-0.25, -0.2) is 12.8 Å². The lowest BCUT2D eigenvalue weighted by molar-refractivity contribution is 0.602. The first-order valence-electron chi connectivity index (χ1n) is 6.66. The van der Waals surface area contributed by atoms with Crippen LogP contribution in [0.4, 0.5) is 10.1 Å². The van der Waals surface area contributed by atoms with Crippen LogP contribution in [0.25, 0.3) is 11.1 Å². The van der Waals surface area contributed by atoms with Gasteiger partial charge in [-0.2, -0.15) is 5.10 Å². The van der Waals surface area contributed by atoms with Crippen molar-refractivity contribution >= 4 is 31.6 Å². The third-order valence-corrected chi connectivity index (χ3v) is 5.34. The number of hydrogen-bond donors (Lipinski definition) is 1. The van der Waals surface area contributed by atoms with Crippen molar-refractivity contribution < 1.29 is 12.8 Å². The van der Waals surface area contributed by atoms with Crippen LogP contribution in [0.1, 0.15) is 18.3 Å². The van der Waals surface area contributed by atoms with Gasteiger partial charge in [0.2, 0.25) is 10.0 Å². The highest BCUT2D eigenvalue weighted by molar-refractivity contribution is 9.10. The van der Waals surface area contributed by atoms with Gasteiger partial charge in [0.25, 0.3) is 0 Å². The Morgan fingerprint density at radius 2 is 2.00 bits per heavy atom. The quantitative estimate of drug-likeness (QED) is 0.871. The maximum absolute atomic E-state index is 14.5. The molecule has 120 valence electrons. The van der Waals surface area contributed by atoms with E-state index in [-0.39, 0.29) is 10.2 Å². The van der Waals surface area contributed by atoms with Crippen LogP contribution in [0.5, 0.6) is 0 Å². The molecule has 0 fully saturated rings. The fourth-order valence-corrected chi connectivity index (χ4v) is 3.33. The summed E-state index contributed by atoms with van der Waals surface area (Å²) in [5.41, 5.74) is 2.78. The predicted octanol–water partition coefficient (Wildman–Crippen LogP) is 3.37. The number of hydrogen-bond acceptors (Lipinski definition) is 3. The van der Waals surface area contributed by atoms with Crippen molar-refractivity contribution in [2.75, 3.05) is 10.5 Å². The van der Waals surface area contributed by atoms with Gasteiger partial charge in [0.1, 0.15) is 5.82 Å². The number of nitrogens with one attached hydrogen (secondary N) is 1. The first-order valence-corrected chi connectivity index (χ1v) is 9.11. The molecule has 1 aromatic heterocycles. The highest BCUT2D eigenvalue weighted by Gasteiger charge is 2.19. The van der Waals surface area contributed by atoms with Crippen molar-refractivity contribution in [1.82, 2.24) is 9.78 Å². The molecule has 0 aliphatic carbocycles. The molecular formula is C14H17BrFN3O2S. The summed E-state index contributed by atoms with van der Waals surface area (Å²) in [5.74, 6) is -0.499. The minimum absolute atomic E-state index is 0.0533. The van der Waals surface area contributed by atoms with Crippen molar-refractivity contribution in [3.05, 3.63) is 33.8 Å². The molecule has 0 spiro atoms. The molecule has 0 saturated heterocycles. The molecule has 0 bridgehead atoms. The molecule has 0 radical (unpaired) electrons. The Bertz CT molecular complexity index is 831. The van der Waals surface area contributed by atoms with Crippen LogP contribution in [0.2, 0.25) is 0 Å². The Balaban J connectivity index is 2.64. The number of benzene rings is 1. The first kappa shape index (κ1) is 17.0. The molecule has 0 atom stereocenters. The largest absolute Gasteiger partial charge is 0.284 e. The number of aromatic nitrogens is 2. The predicted molar refractivity (Wildman–Crippen MR) is 88.9 cm³/mol. The van der Waals surface area contributed by atoms with E-state index in [2.05, 4.69) is 25.8 Å². The number of anilines is 1. The Morgan fingerprint density at radius 3 is 2.50 bits per heavy atom. The zero-order chi connectivity index (χ0) is 16.7. The summed E-state index contributed by atoms with van der Waals surface area (Å²) in [4.78, 5) is 0. The minimum atomic E-state index is -3.43. The summed E-state index contributed by atoms with van der Waals surface area (Å²) in [6.45, 7) is 5.17. The molecule has 0 unspecified atom stereocenters. The average molecular weight is 390 g/mol. The maximum atomic E-state index is 14.5. The number of sulfonamides is 1. The zero-order valence-electron chi connectivity index (χ0n) is 12.7. The number of nitrogens with zero attached hydrogens (tertiary/aromatic N) is 2. The molecule has 2 aromatic rings. The summed E-state index contributed by atoms with van der Waals surface area (Å²) in [5, 5.41) is 4.27. The second-order valence-electron chi connectivity index (χ2n) is 4.99. The summed E-state index contributed by atoms with van der Waals surface area (Å²) in [6, 6.07) is 2.90. The standard InChI is InChI=1S/C14H17BrFN3O2S/c1-5-22(20,21)18-10-6-11(14(16)12(15)7-10)13-8(2)17-19(4)9(13)3/h6-7,18H,5H2,1-4H3. The van der Waals surface area contributed by atoms with Crippen molar-refractivity contribution in [2.45, 2.75) is 20.8 Å². The monoisotopic (exact) mass is 389 g/mol. The van der Waals surface area contributed by atoms with Crippen LogP contribution in [-0.2, 0) is 17.1 Å². The van der Waals surface area contributed by atoms with E-state index in [1.165, 1.54) is 19.1 Å². The van der Waals surface area contributed by atoms with E-state index in [4.69, 9.17) is 0 Å². The van der Waals surface area contributed by atoms with Crippen LogP contribution in [0.3, 0.4) is 0 Å². The van der Waals surface area contributed by atoms with Gasteiger partial charge in [-0.1, -0.05) is 0 Å².